The molecule has 1 aliphatic carbocycles. The van der Waals surface area contributed by atoms with Crippen LogP contribution < -0.4 is 10.9 Å². The Kier molecular flexibility index (Phi) is 3.43. The van der Waals surface area contributed by atoms with Crippen molar-refractivity contribution >= 4 is 5.82 Å². The molecule has 0 aromatic carbocycles. The quantitative estimate of drug-likeness (QED) is 0.891. The van der Waals surface area contributed by atoms with E-state index in [9.17, 15) is 4.79 Å². The van der Waals surface area contributed by atoms with Crippen molar-refractivity contribution < 1.29 is 4.74 Å². The Morgan fingerprint density at radius 3 is 3.10 bits per heavy atom. The monoisotopic (exact) mass is 290 g/mol. The van der Waals surface area contributed by atoms with Crippen LogP contribution in [-0.4, -0.2) is 52.8 Å². The molecule has 0 spiro atoms. The first-order valence-corrected chi connectivity index (χ1v) is 7.98. The van der Waals surface area contributed by atoms with Crippen LogP contribution in [0.5, 0.6) is 0 Å². The van der Waals surface area contributed by atoms with Gasteiger partial charge in [-0.3, -0.25) is 9.69 Å². The van der Waals surface area contributed by atoms with Crippen LogP contribution in [0.15, 0.2) is 17.2 Å². The zero-order valence-corrected chi connectivity index (χ0v) is 12.2. The Hall–Kier alpha value is -1.40. The highest BCUT2D eigenvalue weighted by atomic mass is 16.5. The summed E-state index contributed by atoms with van der Waals surface area (Å²) in [5, 5.41) is 3.19. The van der Waals surface area contributed by atoms with Gasteiger partial charge >= 0.3 is 0 Å². The van der Waals surface area contributed by atoms with Crippen LogP contribution in [0.4, 0.5) is 5.82 Å². The lowest BCUT2D eigenvalue weighted by Crippen LogP contribution is -2.48. The van der Waals surface area contributed by atoms with Crippen molar-refractivity contribution in [1.82, 2.24) is 14.5 Å². The van der Waals surface area contributed by atoms with Gasteiger partial charge in [-0.25, -0.2) is 4.98 Å². The van der Waals surface area contributed by atoms with Crippen LogP contribution in [0.3, 0.4) is 0 Å². The second kappa shape index (κ2) is 5.42. The van der Waals surface area contributed by atoms with E-state index in [0.717, 1.165) is 26.0 Å². The van der Waals surface area contributed by atoms with Crippen LogP contribution >= 0.6 is 0 Å². The Labute approximate surface area is 124 Å². The van der Waals surface area contributed by atoms with Gasteiger partial charge < -0.3 is 14.6 Å². The molecule has 114 valence electrons. The molecule has 1 aromatic heterocycles. The highest BCUT2D eigenvalue weighted by molar-refractivity contribution is 5.31. The first kappa shape index (κ1) is 13.3. The van der Waals surface area contributed by atoms with E-state index in [1.165, 1.54) is 19.4 Å². The summed E-state index contributed by atoms with van der Waals surface area (Å²) < 4.78 is 7.70. The molecular formula is C15H22N4O2. The van der Waals surface area contributed by atoms with E-state index in [0.29, 0.717) is 24.4 Å². The lowest BCUT2D eigenvalue weighted by atomic mass is 10.2. The van der Waals surface area contributed by atoms with Gasteiger partial charge in [0.05, 0.1) is 12.7 Å². The fraction of sp³-hybridized carbons (Fsp3) is 0.733. The van der Waals surface area contributed by atoms with Gasteiger partial charge in [0.15, 0.2) is 5.82 Å². The van der Waals surface area contributed by atoms with Crippen molar-refractivity contribution in [2.75, 3.05) is 31.6 Å². The number of anilines is 1. The molecule has 3 fully saturated rings. The van der Waals surface area contributed by atoms with Gasteiger partial charge in [-0.1, -0.05) is 0 Å². The van der Waals surface area contributed by atoms with Gasteiger partial charge in [0.1, 0.15) is 0 Å². The number of hydrogen-bond donors (Lipinski definition) is 1. The minimum atomic E-state index is -0.00476. The standard InChI is InChI=1S/C15H22N4O2/c20-15-14(16-5-7-19(15)11-3-4-11)17-8-13-9-18-6-1-2-12(18)10-21-13/h5,7,11-13H,1-4,6,8-10H2,(H,16,17). The molecular weight excluding hydrogens is 268 g/mol. The fourth-order valence-electron chi connectivity index (χ4n) is 3.41. The average molecular weight is 290 g/mol. The van der Waals surface area contributed by atoms with Crippen molar-refractivity contribution in [1.29, 1.82) is 0 Å². The maximum atomic E-state index is 12.3. The normalized spacial score (nSPS) is 29.3. The van der Waals surface area contributed by atoms with Gasteiger partial charge in [-0.2, -0.15) is 0 Å². The summed E-state index contributed by atoms with van der Waals surface area (Å²) in [4.78, 5) is 19.0. The molecule has 3 aliphatic rings. The maximum Gasteiger partial charge on any atom is 0.293 e. The topological polar surface area (TPSA) is 59.4 Å². The number of aromatic nitrogens is 2. The minimum absolute atomic E-state index is 0.00476. The molecule has 2 unspecified atom stereocenters. The third-order valence-corrected chi connectivity index (χ3v) is 4.77. The zero-order chi connectivity index (χ0) is 14.2. The molecule has 3 heterocycles. The maximum absolute atomic E-state index is 12.3. The molecule has 1 N–H and O–H groups in total. The summed E-state index contributed by atoms with van der Waals surface area (Å²) in [6.45, 7) is 3.62. The van der Waals surface area contributed by atoms with E-state index < -0.39 is 0 Å². The molecule has 2 atom stereocenters. The number of nitrogens with one attached hydrogen (secondary N) is 1. The van der Waals surface area contributed by atoms with E-state index in [-0.39, 0.29) is 11.7 Å². The highest BCUT2D eigenvalue weighted by Gasteiger charge is 2.32. The SMILES string of the molecule is O=c1c(NCC2CN3CCCC3CO2)nccn1C1CC1. The number of hydrogen-bond acceptors (Lipinski definition) is 5. The summed E-state index contributed by atoms with van der Waals surface area (Å²) in [7, 11) is 0. The number of fused-ring (bicyclic) bond motifs is 1. The van der Waals surface area contributed by atoms with Crippen LogP contribution in [-0.2, 0) is 4.74 Å². The first-order valence-electron chi connectivity index (χ1n) is 7.98. The largest absolute Gasteiger partial charge is 0.373 e. The second-order valence-corrected chi connectivity index (χ2v) is 6.35. The smallest absolute Gasteiger partial charge is 0.293 e. The van der Waals surface area contributed by atoms with Crippen molar-refractivity contribution in [3.63, 3.8) is 0 Å². The minimum Gasteiger partial charge on any atom is -0.373 e. The summed E-state index contributed by atoms with van der Waals surface area (Å²) in [5.41, 5.74) is -0.00476. The van der Waals surface area contributed by atoms with Crippen molar-refractivity contribution in [3.05, 3.63) is 22.7 Å². The van der Waals surface area contributed by atoms with E-state index in [1.807, 2.05) is 0 Å². The van der Waals surface area contributed by atoms with Gasteiger partial charge in [-0.05, 0) is 32.2 Å². The van der Waals surface area contributed by atoms with Crippen molar-refractivity contribution in [2.24, 2.45) is 0 Å². The number of ether oxygens (including phenoxy) is 1. The Morgan fingerprint density at radius 2 is 2.24 bits per heavy atom. The van der Waals surface area contributed by atoms with E-state index >= 15 is 0 Å². The number of morpholine rings is 1. The average Bonchev–Trinajstić information content (AvgIpc) is 3.23. The Morgan fingerprint density at radius 1 is 1.33 bits per heavy atom. The van der Waals surface area contributed by atoms with Gasteiger partial charge in [0, 0.05) is 37.6 Å². The third-order valence-electron chi connectivity index (χ3n) is 4.77. The Balaban J connectivity index is 1.38. The molecule has 2 aliphatic heterocycles. The van der Waals surface area contributed by atoms with Gasteiger partial charge in [-0.15, -0.1) is 0 Å². The predicted octanol–water partition coefficient (Wildman–Crippen LogP) is 0.853. The van der Waals surface area contributed by atoms with Crippen LogP contribution in [0.25, 0.3) is 0 Å². The molecule has 1 aromatic rings. The van der Waals surface area contributed by atoms with Crippen molar-refractivity contribution in [2.45, 2.75) is 43.9 Å². The zero-order valence-electron chi connectivity index (χ0n) is 12.2. The molecule has 6 nitrogen and oxygen atoms in total. The molecule has 6 heteroatoms. The van der Waals surface area contributed by atoms with Crippen LogP contribution in [0.2, 0.25) is 0 Å². The molecule has 0 radical (unpaired) electrons. The molecule has 2 saturated heterocycles. The summed E-state index contributed by atoms with van der Waals surface area (Å²) in [6, 6.07) is 1.00. The summed E-state index contributed by atoms with van der Waals surface area (Å²) in [5.74, 6) is 0.455. The van der Waals surface area contributed by atoms with Crippen molar-refractivity contribution in [3.8, 4) is 0 Å². The van der Waals surface area contributed by atoms with Crippen LogP contribution in [0.1, 0.15) is 31.7 Å². The second-order valence-electron chi connectivity index (χ2n) is 6.35. The first-order chi connectivity index (χ1) is 10.3. The van der Waals surface area contributed by atoms with Crippen LogP contribution in [0, 0.1) is 0 Å². The molecule has 4 rings (SSSR count). The van der Waals surface area contributed by atoms with E-state index in [1.54, 1.807) is 17.0 Å². The molecule has 0 bridgehead atoms. The fourth-order valence-corrected chi connectivity index (χ4v) is 3.41. The van der Waals surface area contributed by atoms with E-state index in [4.69, 9.17) is 4.74 Å². The highest BCUT2D eigenvalue weighted by Crippen LogP contribution is 2.33. The van der Waals surface area contributed by atoms with E-state index in [2.05, 4.69) is 15.2 Å². The molecule has 21 heavy (non-hydrogen) atoms. The molecule has 1 saturated carbocycles. The van der Waals surface area contributed by atoms with Gasteiger partial charge in [0.2, 0.25) is 0 Å². The summed E-state index contributed by atoms with van der Waals surface area (Å²) in [6.07, 6.45) is 8.39. The number of nitrogens with zero attached hydrogens (tertiary/aromatic N) is 3. The summed E-state index contributed by atoms with van der Waals surface area (Å²) >= 11 is 0. The Bertz CT molecular complexity index is 569. The lowest BCUT2D eigenvalue weighted by molar-refractivity contribution is -0.0416. The third kappa shape index (κ3) is 2.70. The lowest BCUT2D eigenvalue weighted by Gasteiger charge is -2.35. The predicted molar refractivity (Wildman–Crippen MR) is 79.6 cm³/mol. The number of rotatable bonds is 4. The van der Waals surface area contributed by atoms with Gasteiger partial charge in [0.25, 0.3) is 5.56 Å². The molecule has 0 amide bonds.